The molecule has 0 spiro atoms. The second kappa shape index (κ2) is 3.82. The molecular formula is C10H13NO3. The lowest BCUT2D eigenvalue weighted by Crippen LogP contribution is -2.08. The molecule has 1 aromatic heterocycles. The van der Waals surface area contributed by atoms with E-state index in [1.807, 2.05) is 0 Å². The van der Waals surface area contributed by atoms with Crippen LogP contribution in [0.1, 0.15) is 54.1 Å². The third-order valence-corrected chi connectivity index (χ3v) is 2.80. The van der Waals surface area contributed by atoms with Crippen LogP contribution in [0.5, 0.6) is 0 Å². The highest BCUT2D eigenvalue weighted by Crippen LogP contribution is 2.34. The fourth-order valence-electron chi connectivity index (χ4n) is 2.07. The molecule has 14 heavy (non-hydrogen) atoms. The minimum atomic E-state index is -0.938. The predicted octanol–water partition coefficient (Wildman–Crippen LogP) is 2.42. The molecule has 0 atom stereocenters. The molecule has 1 fully saturated rings. The maximum atomic E-state index is 10.8. The minimum Gasteiger partial charge on any atom is -0.478 e. The molecule has 2 rings (SSSR count). The van der Waals surface area contributed by atoms with Gasteiger partial charge in [-0.3, -0.25) is 0 Å². The summed E-state index contributed by atoms with van der Waals surface area (Å²) in [5.74, 6) is -0.110. The van der Waals surface area contributed by atoms with Crippen LogP contribution in [0.25, 0.3) is 0 Å². The fraction of sp³-hybridized carbons (Fsp3) is 0.600. The summed E-state index contributed by atoms with van der Waals surface area (Å²) in [4.78, 5) is 10.8. The van der Waals surface area contributed by atoms with Crippen LogP contribution < -0.4 is 0 Å². The molecule has 0 aliphatic heterocycles. The van der Waals surface area contributed by atoms with Gasteiger partial charge in [0.05, 0.1) is 6.20 Å². The van der Waals surface area contributed by atoms with Crippen molar-refractivity contribution in [1.82, 2.24) is 5.16 Å². The van der Waals surface area contributed by atoms with E-state index in [0.29, 0.717) is 5.76 Å². The number of aromatic carboxylic acids is 1. The van der Waals surface area contributed by atoms with Crippen LogP contribution in [0.3, 0.4) is 0 Å². The second-order valence-electron chi connectivity index (χ2n) is 3.74. The highest BCUT2D eigenvalue weighted by atomic mass is 16.5. The Balaban J connectivity index is 2.21. The number of carboxylic acids is 1. The van der Waals surface area contributed by atoms with E-state index in [4.69, 9.17) is 9.63 Å². The van der Waals surface area contributed by atoms with Crippen LogP contribution in [-0.2, 0) is 0 Å². The van der Waals surface area contributed by atoms with Gasteiger partial charge < -0.3 is 9.63 Å². The molecule has 1 aliphatic rings. The maximum absolute atomic E-state index is 10.8. The molecule has 1 aromatic rings. The summed E-state index contributed by atoms with van der Waals surface area (Å²) < 4.78 is 5.03. The predicted molar refractivity (Wildman–Crippen MR) is 49.3 cm³/mol. The van der Waals surface area contributed by atoms with E-state index < -0.39 is 5.97 Å². The average Bonchev–Trinajstić information content (AvgIpc) is 2.67. The Morgan fingerprint density at radius 3 is 2.79 bits per heavy atom. The number of hydrogen-bond donors (Lipinski definition) is 1. The van der Waals surface area contributed by atoms with Gasteiger partial charge in [-0.15, -0.1) is 0 Å². The van der Waals surface area contributed by atoms with E-state index in [1.165, 1.54) is 12.6 Å². The van der Waals surface area contributed by atoms with Crippen molar-refractivity contribution in [2.75, 3.05) is 0 Å². The summed E-state index contributed by atoms with van der Waals surface area (Å²) >= 11 is 0. The van der Waals surface area contributed by atoms with Gasteiger partial charge in [-0.2, -0.15) is 0 Å². The molecule has 1 aliphatic carbocycles. The first-order valence-electron chi connectivity index (χ1n) is 4.97. The summed E-state index contributed by atoms with van der Waals surface area (Å²) in [6, 6.07) is 0. The molecule has 0 amide bonds. The van der Waals surface area contributed by atoms with E-state index in [2.05, 4.69) is 5.16 Å². The summed E-state index contributed by atoms with van der Waals surface area (Å²) in [6.07, 6.45) is 6.90. The number of hydrogen-bond acceptors (Lipinski definition) is 3. The largest absolute Gasteiger partial charge is 0.478 e. The van der Waals surface area contributed by atoms with Gasteiger partial charge in [-0.1, -0.05) is 24.4 Å². The Bertz CT molecular complexity index is 326. The monoisotopic (exact) mass is 195 g/mol. The zero-order chi connectivity index (χ0) is 9.97. The van der Waals surface area contributed by atoms with E-state index in [-0.39, 0.29) is 11.5 Å². The van der Waals surface area contributed by atoms with Gasteiger partial charge >= 0.3 is 5.97 Å². The molecule has 0 saturated heterocycles. The van der Waals surface area contributed by atoms with Gasteiger partial charge in [0.15, 0.2) is 5.76 Å². The van der Waals surface area contributed by atoms with Gasteiger partial charge in [0, 0.05) is 5.92 Å². The first-order chi connectivity index (χ1) is 6.79. The van der Waals surface area contributed by atoms with Crippen LogP contribution in [0.15, 0.2) is 10.7 Å². The Morgan fingerprint density at radius 1 is 1.43 bits per heavy atom. The highest BCUT2D eigenvalue weighted by molar-refractivity contribution is 5.88. The zero-order valence-electron chi connectivity index (χ0n) is 7.90. The third-order valence-electron chi connectivity index (χ3n) is 2.80. The van der Waals surface area contributed by atoms with E-state index >= 15 is 0 Å². The van der Waals surface area contributed by atoms with Crippen molar-refractivity contribution < 1.29 is 14.4 Å². The molecule has 0 bridgehead atoms. The molecule has 4 nitrogen and oxygen atoms in total. The molecule has 0 unspecified atom stereocenters. The summed E-state index contributed by atoms with van der Waals surface area (Å²) in [5.41, 5.74) is 0.233. The minimum absolute atomic E-state index is 0.233. The van der Waals surface area contributed by atoms with Crippen LogP contribution >= 0.6 is 0 Å². The number of carbonyl (C=O) groups is 1. The lowest BCUT2D eigenvalue weighted by molar-refractivity contribution is 0.0693. The molecule has 0 radical (unpaired) electrons. The van der Waals surface area contributed by atoms with Crippen LogP contribution in [0.4, 0.5) is 0 Å². The topological polar surface area (TPSA) is 63.3 Å². The first kappa shape index (κ1) is 9.24. The van der Waals surface area contributed by atoms with Crippen LogP contribution in [-0.4, -0.2) is 16.2 Å². The molecule has 76 valence electrons. The molecule has 0 aromatic carbocycles. The lowest BCUT2D eigenvalue weighted by Gasteiger charge is -2.18. The molecule has 4 heteroatoms. The normalized spacial score (nSPS) is 18.3. The summed E-state index contributed by atoms with van der Waals surface area (Å²) in [6.45, 7) is 0. The van der Waals surface area contributed by atoms with E-state index in [0.717, 1.165) is 25.7 Å². The number of nitrogens with zero attached hydrogens (tertiary/aromatic N) is 1. The average molecular weight is 195 g/mol. The first-order valence-corrected chi connectivity index (χ1v) is 4.97. The van der Waals surface area contributed by atoms with Gasteiger partial charge in [-0.05, 0) is 12.8 Å². The number of rotatable bonds is 2. The van der Waals surface area contributed by atoms with E-state index in [9.17, 15) is 4.79 Å². The van der Waals surface area contributed by atoms with Gasteiger partial charge in [0.2, 0.25) is 0 Å². The third kappa shape index (κ3) is 1.64. The quantitative estimate of drug-likeness (QED) is 0.787. The number of aromatic nitrogens is 1. The fourth-order valence-corrected chi connectivity index (χ4v) is 2.07. The molecule has 1 N–H and O–H groups in total. The van der Waals surface area contributed by atoms with Crippen molar-refractivity contribution in [1.29, 1.82) is 0 Å². The van der Waals surface area contributed by atoms with Crippen molar-refractivity contribution in [2.24, 2.45) is 0 Å². The smallest absolute Gasteiger partial charge is 0.340 e. The van der Waals surface area contributed by atoms with Crippen molar-refractivity contribution in [2.45, 2.75) is 38.0 Å². The van der Waals surface area contributed by atoms with Crippen molar-refractivity contribution >= 4 is 5.97 Å². The number of carboxylic acid groups (broad SMARTS) is 1. The van der Waals surface area contributed by atoms with Crippen molar-refractivity contribution in [3.63, 3.8) is 0 Å². The van der Waals surface area contributed by atoms with Crippen LogP contribution in [0.2, 0.25) is 0 Å². The molecule has 1 heterocycles. The second-order valence-corrected chi connectivity index (χ2v) is 3.74. The van der Waals surface area contributed by atoms with Gasteiger partial charge in [-0.25, -0.2) is 4.79 Å². The Labute approximate surface area is 81.9 Å². The SMILES string of the molecule is O=C(O)c1cnoc1C1CCCCC1. The van der Waals surface area contributed by atoms with Crippen LogP contribution in [0, 0.1) is 0 Å². The maximum Gasteiger partial charge on any atom is 0.340 e. The van der Waals surface area contributed by atoms with Gasteiger partial charge in [0.1, 0.15) is 5.56 Å². The Hall–Kier alpha value is -1.32. The lowest BCUT2D eigenvalue weighted by atomic mass is 9.86. The standard InChI is InChI=1S/C10H13NO3/c12-10(13)8-6-11-14-9(8)7-4-2-1-3-5-7/h6-7H,1-5H2,(H,12,13). The Kier molecular flexibility index (Phi) is 2.52. The zero-order valence-corrected chi connectivity index (χ0v) is 7.90. The molecule has 1 saturated carbocycles. The van der Waals surface area contributed by atoms with Crippen molar-refractivity contribution in [3.05, 3.63) is 17.5 Å². The summed E-state index contributed by atoms with van der Waals surface area (Å²) in [7, 11) is 0. The summed E-state index contributed by atoms with van der Waals surface area (Å²) in [5, 5.41) is 12.4. The molecular weight excluding hydrogens is 182 g/mol. The van der Waals surface area contributed by atoms with Crippen molar-refractivity contribution in [3.8, 4) is 0 Å². The van der Waals surface area contributed by atoms with Gasteiger partial charge in [0.25, 0.3) is 0 Å². The Morgan fingerprint density at radius 2 is 2.14 bits per heavy atom. The van der Waals surface area contributed by atoms with E-state index in [1.54, 1.807) is 0 Å². The highest BCUT2D eigenvalue weighted by Gasteiger charge is 2.25.